The Hall–Kier alpha value is -1.56. The summed E-state index contributed by atoms with van der Waals surface area (Å²) in [5.74, 6) is -0.795. The highest BCUT2D eigenvalue weighted by molar-refractivity contribution is 7.90. The zero-order valence-corrected chi connectivity index (χ0v) is 13.3. The number of hydrogen-bond donors (Lipinski definition) is 4. The molecule has 0 radical (unpaired) electrons. The highest BCUT2D eigenvalue weighted by Gasteiger charge is 2.33. The van der Waals surface area contributed by atoms with Crippen molar-refractivity contribution < 1.29 is 22.8 Å². The number of nitrogens with zero attached hydrogens (tertiary/aromatic N) is 2. The van der Waals surface area contributed by atoms with Crippen LogP contribution in [0.15, 0.2) is 4.52 Å². The van der Waals surface area contributed by atoms with Gasteiger partial charge in [0, 0.05) is 0 Å². The summed E-state index contributed by atoms with van der Waals surface area (Å²) in [6.07, 6.45) is 2.53. The van der Waals surface area contributed by atoms with Crippen molar-refractivity contribution in [3.8, 4) is 0 Å². The van der Waals surface area contributed by atoms with Crippen molar-refractivity contribution in [2.75, 3.05) is 6.61 Å². The maximum atomic E-state index is 12.4. The average Bonchev–Trinajstić information content (AvgIpc) is 3.16. The van der Waals surface area contributed by atoms with E-state index < -0.39 is 39.9 Å². The molecule has 130 valence electrons. The summed E-state index contributed by atoms with van der Waals surface area (Å²) in [6.45, 7) is -0.396. The summed E-state index contributed by atoms with van der Waals surface area (Å²) in [4.78, 5) is 15.2. The molecule has 2 atom stereocenters. The van der Waals surface area contributed by atoms with Gasteiger partial charge >= 0.3 is 0 Å². The summed E-state index contributed by atoms with van der Waals surface area (Å²) in [5, 5.41) is 12.1. The largest absolute Gasteiger partial charge is 0.394 e. The minimum Gasteiger partial charge on any atom is -0.394 e. The summed E-state index contributed by atoms with van der Waals surface area (Å²) >= 11 is 0. The predicted molar refractivity (Wildman–Crippen MR) is 79.2 cm³/mol. The lowest BCUT2D eigenvalue weighted by molar-refractivity contribution is -0.118. The third kappa shape index (κ3) is 4.47. The lowest BCUT2D eigenvalue weighted by Gasteiger charge is -2.17. The summed E-state index contributed by atoms with van der Waals surface area (Å²) in [5.41, 5.74) is 10.7. The van der Waals surface area contributed by atoms with Crippen LogP contribution in [0.25, 0.3) is 0 Å². The van der Waals surface area contributed by atoms with Crippen LogP contribution in [0.4, 0.5) is 0 Å². The molecule has 10 nitrogen and oxygen atoms in total. The van der Waals surface area contributed by atoms with Crippen molar-refractivity contribution in [3.05, 3.63) is 11.7 Å². The molecule has 0 aromatic carbocycles. The van der Waals surface area contributed by atoms with Crippen LogP contribution in [0, 0.1) is 0 Å². The van der Waals surface area contributed by atoms with Crippen molar-refractivity contribution in [1.82, 2.24) is 14.9 Å². The molecule has 0 unspecified atom stereocenters. The van der Waals surface area contributed by atoms with Gasteiger partial charge in [0.05, 0.1) is 24.3 Å². The number of amides is 1. The molecular weight excluding hydrogens is 326 g/mol. The Morgan fingerprint density at radius 2 is 2.09 bits per heavy atom. The minimum atomic E-state index is -3.64. The fourth-order valence-corrected chi connectivity index (χ4v) is 4.22. The first kappa shape index (κ1) is 17.8. The molecule has 23 heavy (non-hydrogen) atoms. The number of carbonyl (C=O) groups is 1. The van der Waals surface area contributed by atoms with Gasteiger partial charge in [-0.3, -0.25) is 4.79 Å². The van der Waals surface area contributed by atoms with E-state index in [2.05, 4.69) is 14.9 Å². The molecule has 0 saturated heterocycles. The van der Waals surface area contributed by atoms with Crippen LogP contribution in [0.5, 0.6) is 0 Å². The second-order valence-electron chi connectivity index (χ2n) is 5.57. The van der Waals surface area contributed by atoms with E-state index in [0.717, 1.165) is 12.8 Å². The number of nitrogens with two attached hydrogens (primary N) is 2. The minimum absolute atomic E-state index is 0.0250. The standard InChI is InChI=1S/C12H21N5O5S/c13-8(6-18)11-15-12(22-16-11)9(5-10(14)19)17-23(20,21)7-3-1-2-4-7/h7-9,17-18H,1-6,13H2,(H2,14,19)/t8-,9-/m0/s1. The molecule has 1 saturated carbocycles. The number of rotatable bonds is 8. The van der Waals surface area contributed by atoms with E-state index in [9.17, 15) is 13.2 Å². The fraction of sp³-hybridized carbons (Fsp3) is 0.750. The van der Waals surface area contributed by atoms with E-state index in [4.69, 9.17) is 21.1 Å². The lowest BCUT2D eigenvalue weighted by Crippen LogP contribution is -2.37. The van der Waals surface area contributed by atoms with Crippen LogP contribution in [-0.4, -0.2) is 41.4 Å². The Kier molecular flexibility index (Phi) is 5.68. The number of primary amides is 1. The summed E-state index contributed by atoms with van der Waals surface area (Å²) in [6, 6.07) is -1.90. The summed E-state index contributed by atoms with van der Waals surface area (Å²) < 4.78 is 32.2. The lowest BCUT2D eigenvalue weighted by atomic mass is 10.2. The van der Waals surface area contributed by atoms with Crippen molar-refractivity contribution in [3.63, 3.8) is 0 Å². The first-order valence-corrected chi connectivity index (χ1v) is 8.87. The van der Waals surface area contributed by atoms with E-state index in [0.29, 0.717) is 12.8 Å². The van der Waals surface area contributed by atoms with Gasteiger partial charge < -0.3 is 21.1 Å². The molecule has 1 aliphatic carbocycles. The Bertz CT molecular complexity index is 640. The Morgan fingerprint density at radius 3 is 2.65 bits per heavy atom. The maximum Gasteiger partial charge on any atom is 0.245 e. The van der Waals surface area contributed by atoms with Gasteiger partial charge in [0.2, 0.25) is 21.8 Å². The normalized spacial score (nSPS) is 18.9. The topological polar surface area (TPSA) is 174 Å². The number of sulfonamides is 1. The maximum absolute atomic E-state index is 12.4. The number of aliphatic hydroxyl groups is 1. The van der Waals surface area contributed by atoms with Crippen molar-refractivity contribution in [2.24, 2.45) is 11.5 Å². The number of carbonyl (C=O) groups excluding carboxylic acids is 1. The second kappa shape index (κ2) is 7.34. The monoisotopic (exact) mass is 347 g/mol. The number of aromatic nitrogens is 2. The van der Waals surface area contributed by atoms with E-state index in [1.165, 1.54) is 0 Å². The molecule has 6 N–H and O–H groups in total. The van der Waals surface area contributed by atoms with Gasteiger partial charge in [-0.05, 0) is 12.8 Å². The molecule has 1 aliphatic rings. The van der Waals surface area contributed by atoms with Gasteiger partial charge in [-0.2, -0.15) is 4.98 Å². The molecular formula is C12H21N5O5S. The first-order chi connectivity index (χ1) is 10.8. The van der Waals surface area contributed by atoms with E-state index >= 15 is 0 Å². The molecule has 1 fully saturated rings. The molecule has 1 aromatic heterocycles. The Balaban J connectivity index is 2.19. The molecule has 11 heteroatoms. The number of hydrogen-bond acceptors (Lipinski definition) is 8. The fourth-order valence-electron chi connectivity index (χ4n) is 2.49. The highest BCUT2D eigenvalue weighted by atomic mass is 32.2. The van der Waals surface area contributed by atoms with E-state index in [1.807, 2.05) is 0 Å². The third-order valence-corrected chi connectivity index (χ3v) is 5.70. The molecule has 0 spiro atoms. The third-order valence-electron chi connectivity index (χ3n) is 3.74. The van der Waals surface area contributed by atoms with Crippen LogP contribution >= 0.6 is 0 Å². The molecule has 1 aromatic rings. The summed E-state index contributed by atoms with van der Waals surface area (Å²) in [7, 11) is -3.64. The Labute approximate surface area is 133 Å². The van der Waals surface area contributed by atoms with Gasteiger partial charge in [0.25, 0.3) is 0 Å². The smallest absolute Gasteiger partial charge is 0.245 e. The second-order valence-corrected chi connectivity index (χ2v) is 7.56. The van der Waals surface area contributed by atoms with Crippen LogP contribution in [0.1, 0.15) is 55.9 Å². The van der Waals surface area contributed by atoms with Gasteiger partial charge in [0.15, 0.2) is 5.82 Å². The van der Waals surface area contributed by atoms with Crippen LogP contribution in [-0.2, 0) is 14.8 Å². The molecule has 0 bridgehead atoms. The van der Waals surface area contributed by atoms with E-state index in [-0.39, 0.29) is 18.1 Å². The molecule has 0 aliphatic heterocycles. The average molecular weight is 347 g/mol. The highest BCUT2D eigenvalue weighted by Crippen LogP contribution is 2.26. The van der Waals surface area contributed by atoms with Crippen LogP contribution in [0.3, 0.4) is 0 Å². The first-order valence-electron chi connectivity index (χ1n) is 7.33. The number of aliphatic hydroxyl groups excluding tert-OH is 1. The molecule has 2 rings (SSSR count). The van der Waals surface area contributed by atoms with Gasteiger partial charge in [0.1, 0.15) is 6.04 Å². The van der Waals surface area contributed by atoms with Crippen LogP contribution < -0.4 is 16.2 Å². The van der Waals surface area contributed by atoms with Crippen molar-refractivity contribution in [2.45, 2.75) is 49.4 Å². The number of nitrogens with one attached hydrogen (secondary N) is 1. The van der Waals surface area contributed by atoms with E-state index in [1.54, 1.807) is 0 Å². The Morgan fingerprint density at radius 1 is 1.43 bits per heavy atom. The predicted octanol–water partition coefficient (Wildman–Crippen LogP) is -1.16. The zero-order chi connectivity index (χ0) is 17.0. The van der Waals surface area contributed by atoms with Gasteiger partial charge in [-0.25, -0.2) is 13.1 Å². The van der Waals surface area contributed by atoms with Crippen molar-refractivity contribution >= 4 is 15.9 Å². The molecule has 1 amide bonds. The molecule has 1 heterocycles. The van der Waals surface area contributed by atoms with Gasteiger partial charge in [-0.1, -0.05) is 18.0 Å². The SMILES string of the molecule is NC(=O)C[C@H](NS(=O)(=O)C1CCCC1)c1nc([C@@H](N)CO)no1. The zero-order valence-electron chi connectivity index (χ0n) is 12.5. The quantitative estimate of drug-likeness (QED) is 0.455. The van der Waals surface area contributed by atoms with Crippen molar-refractivity contribution in [1.29, 1.82) is 0 Å². The van der Waals surface area contributed by atoms with Crippen LogP contribution in [0.2, 0.25) is 0 Å². The van der Waals surface area contributed by atoms with Gasteiger partial charge in [-0.15, -0.1) is 0 Å².